The molecule has 2 atom stereocenters. The van der Waals surface area contributed by atoms with Crippen LogP contribution in [0, 0.1) is 0 Å². The van der Waals surface area contributed by atoms with E-state index in [0.717, 1.165) is 5.56 Å². The van der Waals surface area contributed by atoms with Gasteiger partial charge < -0.3 is 5.32 Å². The molecule has 1 amide bonds. The smallest absolute Gasteiger partial charge is 0.242 e. The van der Waals surface area contributed by atoms with Gasteiger partial charge in [-0.05, 0) is 36.2 Å². The molecule has 1 fully saturated rings. The maximum atomic E-state index is 12.8. The minimum atomic E-state index is -0.432. The summed E-state index contributed by atoms with van der Waals surface area (Å²) in [5.41, 5.74) is 8.73. The second kappa shape index (κ2) is 8.57. The van der Waals surface area contributed by atoms with E-state index < -0.39 is 6.04 Å². The van der Waals surface area contributed by atoms with Crippen LogP contribution in [0.15, 0.2) is 78.9 Å². The molecule has 29 heavy (non-hydrogen) atoms. The summed E-state index contributed by atoms with van der Waals surface area (Å²) in [7, 11) is 0. The summed E-state index contributed by atoms with van der Waals surface area (Å²) >= 11 is 6.07. The van der Waals surface area contributed by atoms with E-state index in [1.54, 1.807) is 36.4 Å². The number of nitrogens with one attached hydrogen (secondary N) is 3. The first-order chi connectivity index (χ1) is 14.1. The molecule has 0 aromatic heterocycles. The second-order valence-corrected chi connectivity index (χ2v) is 7.35. The van der Waals surface area contributed by atoms with E-state index in [0.29, 0.717) is 28.3 Å². The van der Waals surface area contributed by atoms with Crippen molar-refractivity contribution in [3.05, 3.63) is 101 Å². The van der Waals surface area contributed by atoms with Gasteiger partial charge in [0.15, 0.2) is 5.78 Å². The number of amides is 1. The van der Waals surface area contributed by atoms with Crippen LogP contribution >= 0.6 is 11.6 Å². The predicted molar refractivity (Wildman–Crippen MR) is 114 cm³/mol. The largest absolute Gasteiger partial charge is 0.324 e. The SMILES string of the molecule is O=C(c1ccccc1)c1ccccc1NC(=O)C1CC(c2cccc(Cl)c2)NN1. The van der Waals surface area contributed by atoms with E-state index in [-0.39, 0.29) is 17.7 Å². The molecular formula is C23H20ClN3O2. The lowest BCUT2D eigenvalue weighted by atomic mass is 10.0. The van der Waals surface area contributed by atoms with Gasteiger partial charge in [0.05, 0.1) is 5.69 Å². The molecule has 0 spiro atoms. The van der Waals surface area contributed by atoms with Gasteiger partial charge in [0, 0.05) is 22.2 Å². The Morgan fingerprint density at radius 2 is 1.66 bits per heavy atom. The second-order valence-electron chi connectivity index (χ2n) is 6.91. The first-order valence-corrected chi connectivity index (χ1v) is 9.76. The lowest BCUT2D eigenvalue weighted by Crippen LogP contribution is -2.39. The summed E-state index contributed by atoms with van der Waals surface area (Å²) < 4.78 is 0. The van der Waals surface area contributed by atoms with Crippen LogP contribution < -0.4 is 16.2 Å². The van der Waals surface area contributed by atoms with Gasteiger partial charge in [-0.15, -0.1) is 0 Å². The van der Waals surface area contributed by atoms with Gasteiger partial charge in [-0.1, -0.05) is 66.2 Å². The predicted octanol–water partition coefficient (Wildman–Crippen LogP) is 4.12. The van der Waals surface area contributed by atoms with Crippen molar-refractivity contribution in [2.24, 2.45) is 0 Å². The van der Waals surface area contributed by atoms with Crippen molar-refractivity contribution in [3.8, 4) is 0 Å². The van der Waals surface area contributed by atoms with Crippen molar-refractivity contribution in [1.82, 2.24) is 10.9 Å². The molecule has 1 aliphatic heterocycles. The molecule has 5 nitrogen and oxygen atoms in total. The zero-order chi connectivity index (χ0) is 20.2. The normalized spacial score (nSPS) is 18.4. The molecule has 146 valence electrons. The van der Waals surface area contributed by atoms with E-state index in [2.05, 4.69) is 16.2 Å². The number of anilines is 1. The average Bonchev–Trinajstić information content (AvgIpc) is 3.25. The number of hydrogen-bond donors (Lipinski definition) is 3. The van der Waals surface area contributed by atoms with E-state index in [4.69, 9.17) is 11.6 Å². The Morgan fingerprint density at radius 1 is 0.897 bits per heavy atom. The Kier molecular flexibility index (Phi) is 5.71. The molecule has 1 heterocycles. The van der Waals surface area contributed by atoms with Crippen LogP contribution in [0.25, 0.3) is 0 Å². The summed E-state index contributed by atoms with van der Waals surface area (Å²) in [4.78, 5) is 25.7. The standard InChI is InChI=1S/C23H20ClN3O2/c24-17-10-6-9-16(13-17)20-14-21(27-26-20)23(29)25-19-12-5-4-11-18(19)22(28)15-7-2-1-3-8-15/h1-13,20-21,26-27H,14H2,(H,25,29). The number of rotatable bonds is 5. The molecule has 1 saturated heterocycles. The first-order valence-electron chi connectivity index (χ1n) is 9.38. The minimum Gasteiger partial charge on any atom is -0.324 e. The number of carbonyl (C=O) groups is 2. The highest BCUT2D eigenvalue weighted by Gasteiger charge is 2.30. The van der Waals surface area contributed by atoms with Crippen LogP contribution in [0.3, 0.4) is 0 Å². The van der Waals surface area contributed by atoms with Crippen LogP contribution in [0.2, 0.25) is 5.02 Å². The molecule has 0 aliphatic carbocycles. The van der Waals surface area contributed by atoms with E-state index in [1.165, 1.54) is 0 Å². The first kappa shape index (κ1) is 19.3. The van der Waals surface area contributed by atoms with Crippen molar-refractivity contribution < 1.29 is 9.59 Å². The molecule has 0 saturated carbocycles. The van der Waals surface area contributed by atoms with Gasteiger partial charge >= 0.3 is 0 Å². The third-order valence-corrected chi connectivity index (χ3v) is 5.17. The van der Waals surface area contributed by atoms with Gasteiger partial charge in [0.2, 0.25) is 5.91 Å². The third-order valence-electron chi connectivity index (χ3n) is 4.94. The third kappa shape index (κ3) is 4.38. The Morgan fingerprint density at radius 3 is 2.45 bits per heavy atom. The topological polar surface area (TPSA) is 70.2 Å². The van der Waals surface area contributed by atoms with Crippen molar-refractivity contribution in [2.75, 3.05) is 5.32 Å². The van der Waals surface area contributed by atoms with Gasteiger partial charge in [0.25, 0.3) is 0 Å². The molecule has 3 aromatic carbocycles. The van der Waals surface area contributed by atoms with Crippen LogP contribution in [-0.4, -0.2) is 17.7 Å². The van der Waals surface area contributed by atoms with Crippen molar-refractivity contribution in [1.29, 1.82) is 0 Å². The number of benzene rings is 3. The molecule has 0 bridgehead atoms. The molecule has 3 aromatic rings. The van der Waals surface area contributed by atoms with Crippen LogP contribution in [0.1, 0.15) is 33.9 Å². The lowest BCUT2D eigenvalue weighted by Gasteiger charge is -2.14. The van der Waals surface area contributed by atoms with Gasteiger partial charge in [-0.3, -0.25) is 9.59 Å². The number of para-hydroxylation sites is 1. The van der Waals surface area contributed by atoms with E-state index in [1.807, 2.05) is 42.5 Å². The highest BCUT2D eigenvalue weighted by Crippen LogP contribution is 2.26. The molecule has 2 unspecified atom stereocenters. The van der Waals surface area contributed by atoms with E-state index in [9.17, 15) is 9.59 Å². The summed E-state index contributed by atoms with van der Waals surface area (Å²) in [5, 5.41) is 3.56. The van der Waals surface area contributed by atoms with Crippen molar-refractivity contribution in [2.45, 2.75) is 18.5 Å². The Hall–Kier alpha value is -2.99. The van der Waals surface area contributed by atoms with Gasteiger partial charge in [-0.25, -0.2) is 10.9 Å². The number of hydrazine groups is 1. The van der Waals surface area contributed by atoms with Crippen LogP contribution in [0.5, 0.6) is 0 Å². The van der Waals surface area contributed by atoms with E-state index >= 15 is 0 Å². The summed E-state index contributed by atoms with van der Waals surface area (Å²) in [6.45, 7) is 0. The fraction of sp³-hybridized carbons (Fsp3) is 0.130. The van der Waals surface area contributed by atoms with Gasteiger partial charge in [0.1, 0.15) is 6.04 Å². The molecule has 6 heteroatoms. The number of ketones is 1. The van der Waals surface area contributed by atoms with Crippen LogP contribution in [0.4, 0.5) is 5.69 Å². The average molecular weight is 406 g/mol. The Balaban J connectivity index is 1.48. The van der Waals surface area contributed by atoms with Crippen LogP contribution in [-0.2, 0) is 4.79 Å². The highest BCUT2D eigenvalue weighted by atomic mass is 35.5. The number of hydrogen-bond acceptors (Lipinski definition) is 4. The van der Waals surface area contributed by atoms with Gasteiger partial charge in [-0.2, -0.15) is 0 Å². The fourth-order valence-corrected chi connectivity index (χ4v) is 3.62. The number of carbonyl (C=O) groups excluding carboxylic acids is 2. The Labute approximate surface area is 174 Å². The highest BCUT2D eigenvalue weighted by molar-refractivity contribution is 6.30. The molecule has 4 rings (SSSR count). The molecular weight excluding hydrogens is 386 g/mol. The number of halogens is 1. The summed E-state index contributed by atoms with van der Waals surface area (Å²) in [6, 6.07) is 23.2. The maximum absolute atomic E-state index is 12.8. The fourth-order valence-electron chi connectivity index (χ4n) is 3.43. The molecule has 3 N–H and O–H groups in total. The lowest BCUT2D eigenvalue weighted by molar-refractivity contribution is -0.117. The maximum Gasteiger partial charge on any atom is 0.242 e. The zero-order valence-corrected chi connectivity index (χ0v) is 16.3. The monoisotopic (exact) mass is 405 g/mol. The van der Waals surface area contributed by atoms with Crippen molar-refractivity contribution >= 4 is 29.0 Å². The molecule has 1 aliphatic rings. The zero-order valence-electron chi connectivity index (χ0n) is 15.6. The summed E-state index contributed by atoms with van der Waals surface area (Å²) in [5.74, 6) is -0.328. The Bertz CT molecular complexity index is 1040. The molecule has 0 radical (unpaired) electrons. The summed E-state index contributed by atoms with van der Waals surface area (Å²) in [6.07, 6.45) is 0.570. The minimum absolute atomic E-state index is 0.0226. The quantitative estimate of drug-likeness (QED) is 0.558. The van der Waals surface area contributed by atoms with Crippen molar-refractivity contribution in [3.63, 3.8) is 0 Å².